The van der Waals surface area contributed by atoms with E-state index in [9.17, 15) is 13.2 Å². The smallest absolute Gasteiger partial charge is 0.331 e. The number of hydrogen-bond acceptors (Lipinski definition) is 2. The fourth-order valence-corrected chi connectivity index (χ4v) is 2.45. The van der Waals surface area contributed by atoms with E-state index in [1.54, 1.807) is 4.57 Å². The fraction of sp³-hybridized carbons (Fsp3) is 0.769. The summed E-state index contributed by atoms with van der Waals surface area (Å²) in [6, 6.07) is 0. The zero-order valence-corrected chi connectivity index (χ0v) is 11.3. The van der Waals surface area contributed by atoms with Crippen molar-refractivity contribution < 1.29 is 13.2 Å². The second-order valence-corrected chi connectivity index (χ2v) is 5.46. The van der Waals surface area contributed by atoms with Gasteiger partial charge in [0.05, 0.1) is 12.1 Å². The maximum atomic E-state index is 12.4. The minimum Gasteiger partial charge on any atom is -0.331 e. The van der Waals surface area contributed by atoms with Crippen LogP contribution in [0.5, 0.6) is 0 Å². The first-order valence-corrected chi connectivity index (χ1v) is 6.71. The third-order valence-electron chi connectivity index (χ3n) is 3.28. The van der Waals surface area contributed by atoms with Gasteiger partial charge < -0.3 is 9.88 Å². The van der Waals surface area contributed by atoms with E-state index < -0.39 is 12.6 Å². The Morgan fingerprint density at radius 1 is 1.37 bits per heavy atom. The number of imidazole rings is 1. The lowest BCUT2D eigenvalue weighted by Gasteiger charge is -2.17. The molecule has 0 saturated heterocycles. The number of nitrogens with zero attached hydrogens (tertiary/aromatic N) is 2. The Balaban J connectivity index is 2.24. The minimum atomic E-state index is -4.11. The van der Waals surface area contributed by atoms with E-state index in [0.29, 0.717) is 12.5 Å². The molecule has 19 heavy (non-hydrogen) atoms. The summed E-state index contributed by atoms with van der Waals surface area (Å²) < 4.78 is 39.1. The van der Waals surface area contributed by atoms with E-state index in [1.165, 1.54) is 0 Å². The molecule has 0 amide bonds. The number of fused-ring (bicyclic) bond motifs is 1. The van der Waals surface area contributed by atoms with E-state index in [2.05, 4.69) is 24.1 Å². The molecule has 1 aromatic rings. The molecule has 0 radical (unpaired) electrons. The van der Waals surface area contributed by atoms with Crippen LogP contribution in [0.25, 0.3) is 0 Å². The van der Waals surface area contributed by atoms with Crippen molar-refractivity contribution in [2.45, 2.75) is 52.4 Å². The molecule has 1 N–H and O–H groups in total. The summed E-state index contributed by atoms with van der Waals surface area (Å²) >= 11 is 0. The Morgan fingerprint density at radius 3 is 2.74 bits per heavy atom. The van der Waals surface area contributed by atoms with Crippen LogP contribution < -0.4 is 5.32 Å². The van der Waals surface area contributed by atoms with Gasteiger partial charge in [-0.2, -0.15) is 13.2 Å². The molecule has 0 spiro atoms. The lowest BCUT2D eigenvalue weighted by molar-refractivity contribution is -0.136. The lowest BCUT2D eigenvalue weighted by atomic mass is 10.1. The van der Waals surface area contributed by atoms with Crippen molar-refractivity contribution in [2.75, 3.05) is 6.54 Å². The van der Waals surface area contributed by atoms with Gasteiger partial charge in [0.2, 0.25) is 0 Å². The molecular weight excluding hydrogens is 255 g/mol. The highest BCUT2D eigenvalue weighted by atomic mass is 19.4. The zero-order chi connectivity index (χ0) is 14.0. The lowest BCUT2D eigenvalue weighted by Crippen LogP contribution is -2.25. The highest BCUT2D eigenvalue weighted by Crippen LogP contribution is 2.24. The molecule has 1 aromatic heterocycles. The van der Waals surface area contributed by atoms with E-state index in [-0.39, 0.29) is 6.54 Å². The van der Waals surface area contributed by atoms with E-state index in [0.717, 1.165) is 36.6 Å². The number of rotatable bonds is 4. The van der Waals surface area contributed by atoms with Gasteiger partial charge in [0, 0.05) is 38.2 Å². The van der Waals surface area contributed by atoms with Crippen LogP contribution in [0, 0.1) is 5.92 Å². The van der Waals surface area contributed by atoms with Gasteiger partial charge in [0.25, 0.3) is 0 Å². The second kappa shape index (κ2) is 5.53. The van der Waals surface area contributed by atoms with Crippen LogP contribution in [0.3, 0.4) is 0 Å². The first-order chi connectivity index (χ1) is 8.87. The monoisotopic (exact) mass is 275 g/mol. The first-order valence-electron chi connectivity index (χ1n) is 6.71. The maximum absolute atomic E-state index is 12.4. The standard InChI is InChI=1S/C13H20F3N3/c1-9(2)7-12-18-10-8-17-5-3-11(10)19(12)6-4-13(14,15)16/h9,17H,3-8H2,1-2H3. The molecule has 1 aliphatic heterocycles. The van der Waals surface area contributed by atoms with Crippen molar-refractivity contribution in [1.82, 2.24) is 14.9 Å². The predicted molar refractivity (Wildman–Crippen MR) is 66.9 cm³/mol. The van der Waals surface area contributed by atoms with Crippen molar-refractivity contribution in [3.63, 3.8) is 0 Å². The van der Waals surface area contributed by atoms with Crippen molar-refractivity contribution in [3.8, 4) is 0 Å². The van der Waals surface area contributed by atoms with Gasteiger partial charge in [-0.3, -0.25) is 0 Å². The van der Waals surface area contributed by atoms with Gasteiger partial charge in [-0.15, -0.1) is 0 Å². The molecule has 2 rings (SSSR count). The zero-order valence-electron chi connectivity index (χ0n) is 11.3. The molecule has 0 saturated carbocycles. The predicted octanol–water partition coefficient (Wildman–Crippen LogP) is 2.68. The Kier molecular flexibility index (Phi) is 4.18. The molecule has 0 atom stereocenters. The Bertz CT molecular complexity index is 435. The summed E-state index contributed by atoms with van der Waals surface area (Å²) in [5.74, 6) is 1.19. The summed E-state index contributed by atoms with van der Waals surface area (Å²) in [7, 11) is 0. The highest BCUT2D eigenvalue weighted by molar-refractivity contribution is 5.20. The van der Waals surface area contributed by atoms with Gasteiger partial charge in [-0.1, -0.05) is 13.8 Å². The third kappa shape index (κ3) is 3.72. The second-order valence-electron chi connectivity index (χ2n) is 5.46. The van der Waals surface area contributed by atoms with Crippen LogP contribution in [0.4, 0.5) is 13.2 Å². The van der Waals surface area contributed by atoms with Gasteiger partial charge >= 0.3 is 6.18 Å². The van der Waals surface area contributed by atoms with Gasteiger partial charge in [0.1, 0.15) is 5.82 Å². The van der Waals surface area contributed by atoms with E-state index >= 15 is 0 Å². The molecule has 2 heterocycles. The number of hydrogen-bond donors (Lipinski definition) is 1. The summed E-state index contributed by atoms with van der Waals surface area (Å²) in [6.07, 6.45) is -3.41. The number of nitrogens with one attached hydrogen (secondary N) is 1. The van der Waals surface area contributed by atoms with Gasteiger partial charge in [-0.25, -0.2) is 4.98 Å². The average Bonchev–Trinajstić information content (AvgIpc) is 2.61. The Hall–Kier alpha value is -1.04. The van der Waals surface area contributed by atoms with Crippen molar-refractivity contribution in [1.29, 1.82) is 0 Å². The summed E-state index contributed by atoms with van der Waals surface area (Å²) in [4.78, 5) is 4.52. The summed E-state index contributed by atoms with van der Waals surface area (Å²) in [5, 5.41) is 3.21. The molecule has 0 fully saturated rings. The minimum absolute atomic E-state index is 0.00606. The SMILES string of the molecule is CC(C)Cc1nc2c(n1CCC(F)(F)F)CCNC2. The normalized spacial score (nSPS) is 15.9. The van der Waals surface area contributed by atoms with Crippen LogP contribution in [-0.2, 0) is 25.9 Å². The molecule has 0 aromatic carbocycles. The highest BCUT2D eigenvalue weighted by Gasteiger charge is 2.29. The first kappa shape index (κ1) is 14.4. The summed E-state index contributed by atoms with van der Waals surface area (Å²) in [6.45, 7) is 5.58. The molecule has 3 nitrogen and oxygen atoms in total. The number of halogens is 3. The molecule has 0 unspecified atom stereocenters. The van der Waals surface area contributed by atoms with Crippen LogP contribution in [0.2, 0.25) is 0 Å². The molecular formula is C13H20F3N3. The number of aromatic nitrogens is 2. The third-order valence-corrected chi connectivity index (χ3v) is 3.28. The molecule has 0 bridgehead atoms. The topological polar surface area (TPSA) is 29.9 Å². The fourth-order valence-electron chi connectivity index (χ4n) is 2.45. The van der Waals surface area contributed by atoms with Crippen molar-refractivity contribution in [3.05, 3.63) is 17.2 Å². The molecule has 1 aliphatic rings. The molecule has 0 aliphatic carbocycles. The van der Waals surface area contributed by atoms with Gasteiger partial charge in [0.15, 0.2) is 0 Å². The summed E-state index contributed by atoms with van der Waals surface area (Å²) in [5.41, 5.74) is 1.91. The maximum Gasteiger partial charge on any atom is 0.390 e. The quantitative estimate of drug-likeness (QED) is 0.915. The van der Waals surface area contributed by atoms with E-state index in [4.69, 9.17) is 0 Å². The largest absolute Gasteiger partial charge is 0.390 e. The van der Waals surface area contributed by atoms with Crippen LogP contribution >= 0.6 is 0 Å². The average molecular weight is 275 g/mol. The van der Waals surface area contributed by atoms with E-state index in [1.807, 2.05) is 0 Å². The Labute approximate surface area is 111 Å². The Morgan fingerprint density at radius 2 is 2.11 bits per heavy atom. The van der Waals surface area contributed by atoms with Crippen molar-refractivity contribution in [2.24, 2.45) is 5.92 Å². The van der Waals surface area contributed by atoms with Crippen LogP contribution in [0.1, 0.15) is 37.5 Å². The van der Waals surface area contributed by atoms with Crippen molar-refractivity contribution >= 4 is 0 Å². The molecule has 108 valence electrons. The van der Waals surface area contributed by atoms with Gasteiger partial charge in [-0.05, 0) is 5.92 Å². The molecule has 6 heteroatoms. The number of alkyl halides is 3. The van der Waals surface area contributed by atoms with Crippen LogP contribution in [-0.4, -0.2) is 22.3 Å². The van der Waals surface area contributed by atoms with Crippen LogP contribution in [0.15, 0.2) is 0 Å².